The number of hydrogen-bond acceptors (Lipinski definition) is 2. The highest BCUT2D eigenvalue weighted by Crippen LogP contribution is 2.31. The van der Waals surface area contributed by atoms with Gasteiger partial charge in [0.2, 0.25) is 5.43 Å². The number of piperidine rings is 1. The molecule has 1 aromatic heterocycles. The third-order valence-electron chi connectivity index (χ3n) is 5.43. The zero-order chi connectivity index (χ0) is 16.1. The monoisotopic (exact) mass is 310 g/mol. The van der Waals surface area contributed by atoms with Crippen molar-refractivity contribution < 1.29 is 4.79 Å². The molecule has 2 aromatic rings. The van der Waals surface area contributed by atoms with Gasteiger partial charge in [0.15, 0.2) is 0 Å². The van der Waals surface area contributed by atoms with Crippen LogP contribution in [0.15, 0.2) is 29.2 Å². The number of carbonyl (C=O) groups is 1. The zero-order valence-electron chi connectivity index (χ0n) is 13.7. The second-order valence-corrected chi connectivity index (χ2v) is 7.12. The summed E-state index contributed by atoms with van der Waals surface area (Å²) in [6, 6.07) is 6.15. The molecule has 0 N–H and O–H groups in total. The van der Waals surface area contributed by atoms with E-state index in [1.54, 1.807) is 6.20 Å². The molecule has 1 fully saturated rings. The summed E-state index contributed by atoms with van der Waals surface area (Å²) < 4.78 is 2.12. The fraction of sp³-hybridized carbons (Fsp3) is 0.474. The van der Waals surface area contributed by atoms with Crippen LogP contribution in [0.5, 0.6) is 0 Å². The highest BCUT2D eigenvalue weighted by Gasteiger charge is 2.27. The molecule has 3 heterocycles. The number of carbonyl (C=O) groups excluding carboxylic acids is 1. The molecule has 1 aromatic carbocycles. The number of pyridine rings is 1. The van der Waals surface area contributed by atoms with E-state index in [4.69, 9.17) is 0 Å². The van der Waals surface area contributed by atoms with Crippen LogP contribution < -0.4 is 5.43 Å². The molecule has 1 atom stereocenters. The van der Waals surface area contributed by atoms with Crippen LogP contribution in [0.2, 0.25) is 0 Å². The van der Waals surface area contributed by atoms with E-state index in [1.165, 1.54) is 5.56 Å². The number of rotatable bonds is 1. The minimum absolute atomic E-state index is 0.1000. The molecule has 2 aliphatic rings. The number of likely N-dealkylation sites (tertiary alicyclic amines) is 1. The lowest BCUT2D eigenvalue weighted by Crippen LogP contribution is -2.40. The molecule has 2 aliphatic heterocycles. The predicted molar refractivity (Wildman–Crippen MR) is 90.9 cm³/mol. The van der Waals surface area contributed by atoms with Gasteiger partial charge in [-0.05, 0) is 43.7 Å². The first-order chi connectivity index (χ1) is 11.1. The van der Waals surface area contributed by atoms with E-state index >= 15 is 0 Å². The molecule has 4 rings (SSSR count). The highest BCUT2D eigenvalue weighted by molar-refractivity contribution is 5.98. The maximum Gasteiger partial charge on any atom is 0.259 e. The molecule has 0 bridgehead atoms. The van der Waals surface area contributed by atoms with Crippen molar-refractivity contribution in [1.82, 2.24) is 9.47 Å². The van der Waals surface area contributed by atoms with Gasteiger partial charge >= 0.3 is 0 Å². The average molecular weight is 310 g/mol. The lowest BCUT2D eigenvalue weighted by atomic mass is 9.98. The quantitative estimate of drug-likeness (QED) is 0.812. The molecule has 1 saturated heterocycles. The number of para-hydroxylation sites is 1. The predicted octanol–water partition coefficient (Wildman–Crippen LogP) is 2.99. The first-order valence-electron chi connectivity index (χ1n) is 8.52. The van der Waals surface area contributed by atoms with Crippen LogP contribution in [0.25, 0.3) is 10.9 Å². The fourth-order valence-corrected chi connectivity index (χ4v) is 3.95. The Morgan fingerprint density at radius 3 is 2.65 bits per heavy atom. The molecule has 0 radical (unpaired) electrons. The number of benzene rings is 1. The summed E-state index contributed by atoms with van der Waals surface area (Å²) in [6.45, 7) is 5.87. The fourth-order valence-electron chi connectivity index (χ4n) is 3.95. The average Bonchev–Trinajstić information content (AvgIpc) is 2.87. The first kappa shape index (κ1) is 14.5. The van der Waals surface area contributed by atoms with E-state index in [0.29, 0.717) is 22.9 Å². The summed E-state index contributed by atoms with van der Waals surface area (Å²) in [7, 11) is 0. The van der Waals surface area contributed by atoms with Crippen molar-refractivity contribution in [3.8, 4) is 0 Å². The molecule has 1 amide bonds. The van der Waals surface area contributed by atoms with Crippen LogP contribution in [0.1, 0.15) is 48.7 Å². The van der Waals surface area contributed by atoms with Crippen molar-refractivity contribution in [1.29, 1.82) is 0 Å². The first-order valence-corrected chi connectivity index (χ1v) is 8.52. The van der Waals surface area contributed by atoms with Crippen molar-refractivity contribution in [3.63, 3.8) is 0 Å². The minimum atomic E-state index is -0.115. The molecular formula is C19H22N2O2. The number of hydrogen-bond donors (Lipinski definition) is 0. The molecule has 0 saturated carbocycles. The third-order valence-corrected chi connectivity index (χ3v) is 5.43. The van der Waals surface area contributed by atoms with Gasteiger partial charge in [-0.25, -0.2) is 0 Å². The Balaban J connectivity index is 1.82. The van der Waals surface area contributed by atoms with Gasteiger partial charge < -0.3 is 9.47 Å². The van der Waals surface area contributed by atoms with E-state index in [-0.39, 0.29) is 11.3 Å². The summed E-state index contributed by atoms with van der Waals surface area (Å²) in [6.07, 6.45) is 4.77. The molecule has 4 heteroatoms. The van der Waals surface area contributed by atoms with Gasteiger partial charge in [0.05, 0.1) is 5.52 Å². The van der Waals surface area contributed by atoms with Crippen LogP contribution in [-0.2, 0) is 6.42 Å². The third kappa shape index (κ3) is 2.19. The van der Waals surface area contributed by atoms with Crippen LogP contribution >= 0.6 is 0 Å². The Labute approximate surface area is 135 Å². The summed E-state index contributed by atoms with van der Waals surface area (Å²) in [4.78, 5) is 27.6. The largest absolute Gasteiger partial charge is 0.343 e. The lowest BCUT2D eigenvalue weighted by molar-refractivity contribution is 0.0695. The molecular weight excluding hydrogens is 288 g/mol. The van der Waals surface area contributed by atoms with Gasteiger partial charge in [0, 0.05) is 30.7 Å². The van der Waals surface area contributed by atoms with Gasteiger partial charge in [-0.1, -0.05) is 19.1 Å². The van der Waals surface area contributed by atoms with E-state index in [9.17, 15) is 9.59 Å². The SMILES string of the molecule is CC1CCN(C(=O)c2cn3c4c(cccc4c2=O)CC3C)CC1. The number of amides is 1. The van der Waals surface area contributed by atoms with E-state index < -0.39 is 0 Å². The van der Waals surface area contributed by atoms with Crippen LogP contribution in [0.3, 0.4) is 0 Å². The summed E-state index contributed by atoms with van der Waals surface area (Å²) in [5.74, 6) is 0.564. The van der Waals surface area contributed by atoms with Crippen LogP contribution in [0.4, 0.5) is 0 Å². The van der Waals surface area contributed by atoms with Gasteiger partial charge in [-0.3, -0.25) is 9.59 Å². The molecule has 1 unspecified atom stereocenters. The Morgan fingerprint density at radius 1 is 1.17 bits per heavy atom. The molecule has 0 spiro atoms. The van der Waals surface area contributed by atoms with E-state index in [0.717, 1.165) is 37.9 Å². The smallest absolute Gasteiger partial charge is 0.259 e. The Bertz CT molecular complexity index is 844. The maximum atomic E-state index is 12.9. The minimum Gasteiger partial charge on any atom is -0.343 e. The van der Waals surface area contributed by atoms with Crippen molar-refractivity contribution in [2.24, 2.45) is 5.92 Å². The summed E-state index contributed by atoms with van der Waals surface area (Å²) in [5, 5.41) is 0.683. The molecule has 120 valence electrons. The second-order valence-electron chi connectivity index (χ2n) is 7.12. The van der Waals surface area contributed by atoms with Crippen LogP contribution in [0, 0.1) is 5.92 Å². The molecule has 23 heavy (non-hydrogen) atoms. The normalized spacial score (nSPS) is 21.1. The van der Waals surface area contributed by atoms with Gasteiger partial charge in [-0.15, -0.1) is 0 Å². The molecule has 0 aliphatic carbocycles. The standard InChI is InChI=1S/C19H22N2O2/c1-12-6-8-20(9-7-12)19(23)16-11-21-13(2)10-14-4-3-5-15(17(14)21)18(16)22/h3-5,11-13H,6-10H2,1-2H3. The van der Waals surface area contributed by atoms with Gasteiger partial charge in [0.25, 0.3) is 5.91 Å². The maximum absolute atomic E-state index is 12.9. The number of nitrogens with zero attached hydrogens (tertiary/aromatic N) is 2. The topological polar surface area (TPSA) is 42.3 Å². The van der Waals surface area contributed by atoms with Crippen molar-refractivity contribution >= 4 is 16.8 Å². The lowest BCUT2D eigenvalue weighted by Gasteiger charge is -2.30. The summed E-state index contributed by atoms with van der Waals surface area (Å²) >= 11 is 0. The van der Waals surface area contributed by atoms with E-state index in [1.807, 2.05) is 17.0 Å². The Kier molecular flexibility index (Phi) is 3.29. The van der Waals surface area contributed by atoms with Crippen molar-refractivity contribution in [3.05, 3.63) is 45.7 Å². The van der Waals surface area contributed by atoms with Gasteiger partial charge in [-0.2, -0.15) is 0 Å². The van der Waals surface area contributed by atoms with Crippen molar-refractivity contribution in [2.75, 3.05) is 13.1 Å². The summed E-state index contributed by atoms with van der Waals surface area (Å²) in [5.41, 5.74) is 2.43. The molecule has 4 nitrogen and oxygen atoms in total. The second kappa shape index (κ2) is 5.22. The van der Waals surface area contributed by atoms with Gasteiger partial charge in [0.1, 0.15) is 5.56 Å². The number of aromatic nitrogens is 1. The van der Waals surface area contributed by atoms with Crippen molar-refractivity contribution in [2.45, 2.75) is 39.2 Å². The Morgan fingerprint density at radius 2 is 1.91 bits per heavy atom. The zero-order valence-corrected chi connectivity index (χ0v) is 13.7. The highest BCUT2D eigenvalue weighted by atomic mass is 16.2. The van der Waals surface area contributed by atoms with E-state index in [2.05, 4.69) is 24.5 Å². The van der Waals surface area contributed by atoms with Crippen LogP contribution in [-0.4, -0.2) is 28.5 Å². The Hall–Kier alpha value is -2.10.